The van der Waals surface area contributed by atoms with Crippen molar-refractivity contribution in [2.75, 3.05) is 29.0 Å². The quantitative estimate of drug-likeness (QED) is 0.748. The molecule has 1 aliphatic carbocycles. The van der Waals surface area contributed by atoms with E-state index in [0.717, 1.165) is 48.7 Å². The smallest absolute Gasteiger partial charge is 0.245 e. The fourth-order valence-corrected chi connectivity index (χ4v) is 4.70. The number of hydrogen-bond acceptors (Lipinski definition) is 5. The van der Waals surface area contributed by atoms with Crippen LogP contribution < -0.4 is 16.0 Å². The van der Waals surface area contributed by atoms with Gasteiger partial charge in [-0.05, 0) is 56.2 Å². The Kier molecular flexibility index (Phi) is 7.15. The Bertz CT molecular complexity index is 757. The first-order valence-electron chi connectivity index (χ1n) is 8.61. The van der Waals surface area contributed by atoms with Crippen LogP contribution in [0.5, 0.6) is 0 Å². The van der Waals surface area contributed by atoms with Crippen LogP contribution in [0.25, 0.3) is 0 Å². The van der Waals surface area contributed by atoms with Crippen molar-refractivity contribution < 1.29 is 4.79 Å². The zero-order chi connectivity index (χ0) is 16.5. The van der Waals surface area contributed by atoms with Crippen molar-refractivity contribution in [1.29, 1.82) is 0 Å². The number of nitrogen functional groups attached to an aromatic ring is 1. The molecule has 0 radical (unpaired) electrons. The van der Waals surface area contributed by atoms with Gasteiger partial charge in [0.1, 0.15) is 0 Å². The standard InChI is InChI=1S/C18H22N4OS.2ClH/c19-13-6-3-8-15-12(13)5-4-10-22(15)11-17(23)21-18-20-14-7-1-2-9-16(14)24-18;;/h3,6,8H,1-2,4-5,7,9-11,19H2,(H,20,21,23);2*1H. The normalized spacial score (nSPS) is 15.2. The lowest BCUT2D eigenvalue weighted by atomic mass is 10.00. The van der Waals surface area contributed by atoms with Gasteiger partial charge in [-0.2, -0.15) is 0 Å². The molecule has 1 aromatic heterocycles. The summed E-state index contributed by atoms with van der Waals surface area (Å²) in [5.74, 6) is -0.00336. The highest BCUT2D eigenvalue weighted by molar-refractivity contribution is 7.15. The molecule has 0 unspecified atom stereocenters. The first-order chi connectivity index (χ1) is 11.7. The molecule has 0 bridgehead atoms. The van der Waals surface area contributed by atoms with E-state index in [1.54, 1.807) is 11.3 Å². The number of aromatic nitrogens is 1. The van der Waals surface area contributed by atoms with Gasteiger partial charge in [0.25, 0.3) is 0 Å². The third-order valence-corrected chi connectivity index (χ3v) is 5.88. The van der Waals surface area contributed by atoms with E-state index in [9.17, 15) is 4.79 Å². The number of rotatable bonds is 3. The topological polar surface area (TPSA) is 71.2 Å². The van der Waals surface area contributed by atoms with E-state index in [0.29, 0.717) is 6.54 Å². The molecule has 26 heavy (non-hydrogen) atoms. The summed E-state index contributed by atoms with van der Waals surface area (Å²) in [6.45, 7) is 1.24. The Morgan fingerprint density at radius 1 is 1.19 bits per heavy atom. The van der Waals surface area contributed by atoms with Crippen molar-refractivity contribution in [2.45, 2.75) is 38.5 Å². The van der Waals surface area contributed by atoms with Crippen molar-refractivity contribution in [3.05, 3.63) is 34.3 Å². The molecule has 142 valence electrons. The number of hydrogen-bond donors (Lipinski definition) is 2. The number of carbonyl (C=O) groups excluding carboxylic acids is 1. The minimum Gasteiger partial charge on any atom is -0.398 e. The van der Waals surface area contributed by atoms with E-state index in [4.69, 9.17) is 5.73 Å². The van der Waals surface area contributed by atoms with Gasteiger partial charge in [-0.1, -0.05) is 6.07 Å². The van der Waals surface area contributed by atoms with Crippen molar-refractivity contribution >= 4 is 58.6 Å². The fraction of sp³-hybridized carbons (Fsp3) is 0.444. The van der Waals surface area contributed by atoms with Crippen LogP contribution in [0.2, 0.25) is 0 Å². The molecule has 2 aliphatic rings. The van der Waals surface area contributed by atoms with Gasteiger partial charge in [0.05, 0.1) is 12.2 Å². The largest absolute Gasteiger partial charge is 0.398 e. The molecule has 2 aromatic rings. The minimum absolute atomic E-state index is 0. The zero-order valence-corrected chi connectivity index (χ0v) is 16.9. The minimum atomic E-state index is -0.00336. The third kappa shape index (κ3) is 4.24. The van der Waals surface area contributed by atoms with Crippen LogP contribution in [0.15, 0.2) is 18.2 Å². The Labute approximate surface area is 170 Å². The molecule has 5 nitrogen and oxygen atoms in total. The maximum Gasteiger partial charge on any atom is 0.245 e. The van der Waals surface area contributed by atoms with Gasteiger partial charge in [0.15, 0.2) is 5.13 Å². The summed E-state index contributed by atoms with van der Waals surface area (Å²) >= 11 is 1.63. The number of nitrogens with zero attached hydrogens (tertiary/aromatic N) is 2. The first kappa shape index (κ1) is 20.8. The maximum absolute atomic E-state index is 12.5. The lowest BCUT2D eigenvalue weighted by molar-refractivity contribution is -0.115. The molecular formula is C18H24Cl2N4OS. The van der Waals surface area contributed by atoms with Gasteiger partial charge >= 0.3 is 0 Å². The van der Waals surface area contributed by atoms with Crippen molar-refractivity contribution in [3.63, 3.8) is 0 Å². The average Bonchev–Trinajstić information content (AvgIpc) is 2.98. The molecule has 0 saturated carbocycles. The average molecular weight is 415 g/mol. The van der Waals surface area contributed by atoms with Crippen molar-refractivity contribution in [2.24, 2.45) is 0 Å². The number of halogens is 2. The van der Waals surface area contributed by atoms with Gasteiger partial charge in [-0.25, -0.2) is 4.98 Å². The van der Waals surface area contributed by atoms with Crippen molar-refractivity contribution in [3.8, 4) is 0 Å². The summed E-state index contributed by atoms with van der Waals surface area (Å²) < 4.78 is 0. The second-order valence-electron chi connectivity index (χ2n) is 6.51. The number of thiazole rings is 1. The summed E-state index contributed by atoms with van der Waals surface area (Å²) in [5.41, 5.74) is 10.3. The third-order valence-electron chi connectivity index (χ3n) is 4.81. The molecule has 8 heteroatoms. The van der Waals surface area contributed by atoms with Crippen LogP contribution in [0.1, 0.15) is 35.4 Å². The van der Waals surface area contributed by atoms with Crippen LogP contribution >= 0.6 is 36.2 Å². The molecule has 1 aliphatic heterocycles. The van der Waals surface area contributed by atoms with E-state index in [1.807, 2.05) is 12.1 Å². The maximum atomic E-state index is 12.5. The monoisotopic (exact) mass is 414 g/mol. The Balaban J connectivity index is 0.00000121. The number of anilines is 3. The summed E-state index contributed by atoms with van der Waals surface area (Å²) in [6, 6.07) is 5.95. The lowest BCUT2D eigenvalue weighted by Gasteiger charge is -2.31. The Morgan fingerprint density at radius 3 is 2.81 bits per heavy atom. The molecule has 1 aromatic carbocycles. The van der Waals surface area contributed by atoms with E-state index < -0.39 is 0 Å². The fourth-order valence-electron chi connectivity index (χ4n) is 3.63. The van der Waals surface area contributed by atoms with Gasteiger partial charge in [0, 0.05) is 22.8 Å². The van der Waals surface area contributed by atoms with Crippen LogP contribution in [0, 0.1) is 0 Å². The number of nitrogens with one attached hydrogen (secondary N) is 1. The van der Waals surface area contributed by atoms with Crippen LogP contribution in [-0.2, 0) is 24.1 Å². The highest BCUT2D eigenvalue weighted by Gasteiger charge is 2.22. The molecule has 0 spiro atoms. The highest BCUT2D eigenvalue weighted by Crippen LogP contribution is 2.32. The predicted octanol–water partition coefficient (Wildman–Crippen LogP) is 3.84. The molecule has 1 amide bonds. The SMILES string of the molecule is Cl.Cl.Nc1cccc2c1CCCN2CC(=O)Nc1nc2c(s1)CCCC2. The predicted molar refractivity (Wildman–Crippen MR) is 113 cm³/mol. The number of nitrogens with two attached hydrogens (primary N) is 1. The first-order valence-corrected chi connectivity index (χ1v) is 9.43. The van der Waals surface area contributed by atoms with E-state index in [1.165, 1.54) is 29.0 Å². The van der Waals surface area contributed by atoms with Crippen LogP contribution in [-0.4, -0.2) is 24.0 Å². The molecule has 3 N–H and O–H groups in total. The second-order valence-corrected chi connectivity index (χ2v) is 7.60. The number of amides is 1. The highest BCUT2D eigenvalue weighted by atomic mass is 35.5. The number of benzene rings is 1. The molecule has 4 rings (SSSR count). The Hall–Kier alpha value is -1.50. The molecule has 0 saturated heterocycles. The van der Waals surface area contributed by atoms with Crippen LogP contribution in [0.3, 0.4) is 0 Å². The summed E-state index contributed by atoms with van der Waals surface area (Å²) in [7, 11) is 0. The number of carbonyl (C=O) groups is 1. The Morgan fingerprint density at radius 2 is 2.00 bits per heavy atom. The molecular weight excluding hydrogens is 391 g/mol. The summed E-state index contributed by atoms with van der Waals surface area (Å²) in [6.07, 6.45) is 6.59. The van der Waals surface area contributed by atoms with Gasteiger partial charge in [-0.3, -0.25) is 4.79 Å². The van der Waals surface area contributed by atoms with Gasteiger partial charge in [0.2, 0.25) is 5.91 Å². The molecule has 0 atom stereocenters. The van der Waals surface area contributed by atoms with E-state index in [-0.39, 0.29) is 30.7 Å². The molecule has 2 heterocycles. The molecule has 0 fully saturated rings. The van der Waals surface area contributed by atoms with Crippen molar-refractivity contribution in [1.82, 2.24) is 4.98 Å². The van der Waals surface area contributed by atoms with Crippen LogP contribution in [0.4, 0.5) is 16.5 Å². The van der Waals surface area contributed by atoms with E-state index in [2.05, 4.69) is 21.3 Å². The van der Waals surface area contributed by atoms with Gasteiger partial charge in [-0.15, -0.1) is 36.2 Å². The second kappa shape index (κ2) is 8.93. The number of aryl methyl sites for hydroxylation is 2. The zero-order valence-electron chi connectivity index (χ0n) is 14.5. The van der Waals surface area contributed by atoms with E-state index >= 15 is 0 Å². The number of fused-ring (bicyclic) bond motifs is 2. The summed E-state index contributed by atoms with van der Waals surface area (Å²) in [4.78, 5) is 20.5. The summed E-state index contributed by atoms with van der Waals surface area (Å²) in [5, 5.41) is 3.73. The van der Waals surface area contributed by atoms with Gasteiger partial charge < -0.3 is 16.0 Å². The lowest BCUT2D eigenvalue weighted by Crippen LogP contribution is -2.37.